The zero-order chi connectivity index (χ0) is 16.8. The van der Waals surface area contributed by atoms with Gasteiger partial charge in [0, 0.05) is 49.0 Å². The van der Waals surface area contributed by atoms with Gasteiger partial charge in [0.15, 0.2) is 5.96 Å². The first-order chi connectivity index (χ1) is 11.7. The SMILES string of the molecule is CCc1nc(CCNC(=NC)N2CCSC3(CCCCC3)C2)cs1. The summed E-state index contributed by atoms with van der Waals surface area (Å²) in [6.45, 7) is 5.35. The Morgan fingerprint density at radius 1 is 1.38 bits per heavy atom. The zero-order valence-electron chi connectivity index (χ0n) is 15.0. The summed E-state index contributed by atoms with van der Waals surface area (Å²) < 4.78 is 0.485. The first-order valence-electron chi connectivity index (χ1n) is 9.27. The van der Waals surface area contributed by atoms with Gasteiger partial charge in [0.1, 0.15) is 0 Å². The Balaban J connectivity index is 1.51. The molecule has 0 bridgehead atoms. The number of aryl methyl sites for hydroxylation is 1. The number of guanidine groups is 1. The maximum absolute atomic E-state index is 4.65. The van der Waals surface area contributed by atoms with Crippen molar-refractivity contribution in [2.45, 2.75) is 56.6 Å². The highest BCUT2D eigenvalue weighted by atomic mass is 32.2. The lowest BCUT2D eigenvalue weighted by atomic mass is 9.87. The molecule has 1 N–H and O–H groups in total. The molecule has 24 heavy (non-hydrogen) atoms. The van der Waals surface area contributed by atoms with E-state index in [1.165, 1.54) is 48.6 Å². The number of hydrogen-bond acceptors (Lipinski definition) is 4. The normalized spacial score (nSPS) is 21.2. The minimum atomic E-state index is 0.485. The average Bonchev–Trinajstić information content (AvgIpc) is 3.07. The fraction of sp³-hybridized carbons (Fsp3) is 0.778. The van der Waals surface area contributed by atoms with Crippen LogP contribution in [0.2, 0.25) is 0 Å². The third-order valence-electron chi connectivity index (χ3n) is 5.09. The molecule has 1 spiro atoms. The van der Waals surface area contributed by atoms with E-state index in [1.807, 2.05) is 7.05 Å². The van der Waals surface area contributed by atoms with E-state index < -0.39 is 0 Å². The van der Waals surface area contributed by atoms with E-state index in [4.69, 9.17) is 0 Å². The molecule has 2 fully saturated rings. The Morgan fingerprint density at radius 2 is 2.21 bits per heavy atom. The number of thioether (sulfide) groups is 1. The third-order valence-corrected chi connectivity index (χ3v) is 7.67. The fourth-order valence-electron chi connectivity index (χ4n) is 3.79. The third kappa shape index (κ3) is 4.45. The number of thiazole rings is 1. The van der Waals surface area contributed by atoms with E-state index in [0.29, 0.717) is 4.75 Å². The van der Waals surface area contributed by atoms with Crippen LogP contribution in [0, 0.1) is 0 Å². The Labute approximate surface area is 154 Å². The van der Waals surface area contributed by atoms with Gasteiger partial charge in [0.2, 0.25) is 0 Å². The second kappa shape index (κ2) is 8.56. The summed E-state index contributed by atoms with van der Waals surface area (Å²) >= 11 is 3.99. The molecular formula is C18H30N4S2. The Morgan fingerprint density at radius 3 is 2.92 bits per heavy atom. The Kier molecular flexibility index (Phi) is 6.44. The van der Waals surface area contributed by atoms with Crippen LogP contribution in [-0.4, -0.2) is 53.0 Å². The van der Waals surface area contributed by atoms with Gasteiger partial charge in [-0.3, -0.25) is 4.99 Å². The maximum Gasteiger partial charge on any atom is 0.193 e. The number of rotatable bonds is 4. The van der Waals surface area contributed by atoms with Crippen molar-refractivity contribution < 1.29 is 0 Å². The summed E-state index contributed by atoms with van der Waals surface area (Å²) in [7, 11) is 1.91. The van der Waals surface area contributed by atoms with E-state index in [0.717, 1.165) is 38.4 Å². The number of nitrogens with zero attached hydrogens (tertiary/aromatic N) is 3. The molecule has 6 heteroatoms. The topological polar surface area (TPSA) is 40.5 Å². The molecule has 4 nitrogen and oxygen atoms in total. The first kappa shape index (κ1) is 18.1. The van der Waals surface area contributed by atoms with Gasteiger partial charge in [-0.25, -0.2) is 4.98 Å². The van der Waals surface area contributed by atoms with E-state index in [2.05, 4.69) is 44.3 Å². The molecule has 0 aromatic carbocycles. The highest BCUT2D eigenvalue weighted by molar-refractivity contribution is 8.00. The zero-order valence-corrected chi connectivity index (χ0v) is 16.6. The monoisotopic (exact) mass is 366 g/mol. The van der Waals surface area contributed by atoms with Gasteiger partial charge in [0.05, 0.1) is 10.7 Å². The summed E-state index contributed by atoms with van der Waals surface area (Å²) in [5.41, 5.74) is 1.21. The van der Waals surface area contributed by atoms with Crippen molar-refractivity contribution in [3.63, 3.8) is 0 Å². The molecule has 1 saturated heterocycles. The Bertz CT molecular complexity index is 543. The van der Waals surface area contributed by atoms with Gasteiger partial charge in [-0.2, -0.15) is 11.8 Å². The van der Waals surface area contributed by atoms with Crippen molar-refractivity contribution in [3.8, 4) is 0 Å². The van der Waals surface area contributed by atoms with E-state index in [1.54, 1.807) is 11.3 Å². The lowest BCUT2D eigenvalue weighted by molar-refractivity contribution is 0.293. The molecule has 0 unspecified atom stereocenters. The molecule has 2 aliphatic rings. The van der Waals surface area contributed by atoms with Gasteiger partial charge in [0.25, 0.3) is 0 Å². The highest BCUT2D eigenvalue weighted by Gasteiger charge is 2.38. The molecule has 1 aromatic heterocycles. The van der Waals surface area contributed by atoms with Crippen molar-refractivity contribution in [2.24, 2.45) is 4.99 Å². The summed E-state index contributed by atoms with van der Waals surface area (Å²) in [6.07, 6.45) is 8.99. The average molecular weight is 367 g/mol. The molecule has 1 saturated carbocycles. The molecule has 1 aliphatic carbocycles. The second-order valence-corrected chi connectivity index (χ2v) is 9.33. The van der Waals surface area contributed by atoms with Crippen LogP contribution in [-0.2, 0) is 12.8 Å². The van der Waals surface area contributed by atoms with Gasteiger partial charge < -0.3 is 10.2 Å². The molecule has 3 rings (SSSR count). The van der Waals surface area contributed by atoms with Gasteiger partial charge >= 0.3 is 0 Å². The van der Waals surface area contributed by atoms with E-state index in [-0.39, 0.29) is 0 Å². The largest absolute Gasteiger partial charge is 0.356 e. The van der Waals surface area contributed by atoms with Crippen molar-refractivity contribution in [3.05, 3.63) is 16.1 Å². The maximum atomic E-state index is 4.65. The van der Waals surface area contributed by atoms with Crippen molar-refractivity contribution in [2.75, 3.05) is 32.4 Å². The second-order valence-electron chi connectivity index (χ2n) is 6.82. The quantitative estimate of drug-likeness (QED) is 0.653. The molecule has 134 valence electrons. The standard InChI is InChI=1S/C18H30N4S2/c1-3-16-21-15(13-23-16)7-10-20-17(19-2)22-11-12-24-18(14-22)8-5-4-6-9-18/h13H,3-12,14H2,1-2H3,(H,19,20). The Hall–Kier alpha value is -0.750. The number of aliphatic imine (C=N–C) groups is 1. The van der Waals surface area contributed by atoms with Crippen LogP contribution in [0.3, 0.4) is 0 Å². The summed E-state index contributed by atoms with van der Waals surface area (Å²) in [5.74, 6) is 2.30. The van der Waals surface area contributed by atoms with Crippen LogP contribution in [0.4, 0.5) is 0 Å². The van der Waals surface area contributed by atoms with Gasteiger partial charge in [-0.15, -0.1) is 11.3 Å². The van der Waals surface area contributed by atoms with Crippen molar-refractivity contribution >= 4 is 29.1 Å². The fourth-order valence-corrected chi connectivity index (χ4v) is 6.13. The van der Waals surface area contributed by atoms with Crippen LogP contribution in [0.5, 0.6) is 0 Å². The first-order valence-corrected chi connectivity index (χ1v) is 11.1. The molecular weight excluding hydrogens is 336 g/mol. The minimum absolute atomic E-state index is 0.485. The summed E-state index contributed by atoms with van der Waals surface area (Å²) in [4.78, 5) is 11.7. The number of nitrogens with one attached hydrogen (secondary N) is 1. The van der Waals surface area contributed by atoms with Crippen LogP contribution in [0.1, 0.15) is 49.7 Å². The molecule has 1 aliphatic heterocycles. The van der Waals surface area contributed by atoms with Crippen LogP contribution >= 0.6 is 23.1 Å². The van der Waals surface area contributed by atoms with E-state index in [9.17, 15) is 0 Å². The van der Waals surface area contributed by atoms with Crippen molar-refractivity contribution in [1.29, 1.82) is 0 Å². The highest BCUT2D eigenvalue weighted by Crippen LogP contribution is 2.42. The van der Waals surface area contributed by atoms with Crippen LogP contribution in [0.25, 0.3) is 0 Å². The summed E-state index contributed by atoms with van der Waals surface area (Å²) in [6, 6.07) is 0. The molecule has 0 radical (unpaired) electrons. The predicted molar refractivity (Wildman–Crippen MR) is 106 cm³/mol. The number of hydrogen-bond donors (Lipinski definition) is 1. The van der Waals surface area contributed by atoms with E-state index >= 15 is 0 Å². The summed E-state index contributed by atoms with van der Waals surface area (Å²) in [5, 5.41) is 7.00. The van der Waals surface area contributed by atoms with Gasteiger partial charge in [-0.1, -0.05) is 26.2 Å². The molecule has 1 aromatic rings. The predicted octanol–water partition coefficient (Wildman–Crippen LogP) is 3.58. The smallest absolute Gasteiger partial charge is 0.193 e. The lowest BCUT2D eigenvalue weighted by Gasteiger charge is -2.45. The molecule has 0 atom stereocenters. The van der Waals surface area contributed by atoms with Crippen LogP contribution in [0.15, 0.2) is 10.4 Å². The lowest BCUT2D eigenvalue weighted by Crippen LogP contribution is -2.53. The van der Waals surface area contributed by atoms with Crippen LogP contribution < -0.4 is 5.32 Å². The number of aromatic nitrogens is 1. The molecule has 0 amide bonds. The van der Waals surface area contributed by atoms with Gasteiger partial charge in [-0.05, 0) is 19.3 Å². The van der Waals surface area contributed by atoms with Crippen molar-refractivity contribution in [1.82, 2.24) is 15.2 Å². The molecule has 2 heterocycles. The minimum Gasteiger partial charge on any atom is -0.356 e.